The maximum atomic E-state index is 14.1. The van der Waals surface area contributed by atoms with E-state index in [1.165, 1.54) is 37.4 Å². The Morgan fingerprint density at radius 2 is 1.55 bits per heavy atom. The van der Waals surface area contributed by atoms with E-state index in [0.29, 0.717) is 0 Å². The molecule has 0 aliphatic carbocycles. The van der Waals surface area contributed by atoms with Crippen molar-refractivity contribution in [1.29, 1.82) is 0 Å². The van der Waals surface area contributed by atoms with Crippen molar-refractivity contribution in [3.05, 3.63) is 93.5 Å². The van der Waals surface area contributed by atoms with Gasteiger partial charge in [0.05, 0.1) is 23.3 Å². The number of sulfonamides is 1. The number of fused-ring (bicyclic) bond motifs is 3. The average Bonchev–Trinajstić information content (AvgIpc) is 3.17. The molecule has 1 unspecified atom stereocenters. The van der Waals surface area contributed by atoms with E-state index in [2.05, 4.69) is 0 Å². The van der Waals surface area contributed by atoms with Gasteiger partial charge in [0.2, 0.25) is 11.4 Å². The standard InChI is InChI=1S/C24H19ClN2O5S/c1-14-4-8-17(9-5-14)33(30,31)27-21-11-6-15(2)12-19(21)22(28)24(27)20-13-16(25)7-10-18(20)23(29)26(24)32-3/h4-13H,1-3H3. The monoisotopic (exact) mass is 482 g/mol. The second kappa shape index (κ2) is 7.15. The zero-order chi connectivity index (χ0) is 23.7. The lowest BCUT2D eigenvalue weighted by atomic mass is 9.94. The number of hydroxylamine groups is 2. The third-order valence-electron chi connectivity index (χ3n) is 6.03. The van der Waals surface area contributed by atoms with Crippen LogP contribution in [-0.4, -0.2) is 32.3 Å². The maximum Gasteiger partial charge on any atom is 0.280 e. The van der Waals surface area contributed by atoms with Crippen LogP contribution in [0.1, 0.15) is 37.4 Å². The number of nitrogens with zero attached hydrogens (tertiary/aromatic N) is 2. The van der Waals surface area contributed by atoms with Gasteiger partial charge in [-0.2, -0.15) is 5.06 Å². The van der Waals surface area contributed by atoms with Gasteiger partial charge in [-0.15, -0.1) is 0 Å². The largest absolute Gasteiger partial charge is 0.289 e. The predicted molar refractivity (Wildman–Crippen MR) is 123 cm³/mol. The number of aryl methyl sites for hydroxylation is 2. The van der Waals surface area contributed by atoms with Gasteiger partial charge in [-0.1, -0.05) is 40.9 Å². The predicted octanol–water partition coefficient (Wildman–Crippen LogP) is 4.22. The number of halogens is 1. The molecule has 0 N–H and O–H groups in total. The van der Waals surface area contributed by atoms with E-state index < -0.39 is 27.4 Å². The summed E-state index contributed by atoms with van der Waals surface area (Å²) < 4.78 is 29.2. The molecule has 1 spiro atoms. The van der Waals surface area contributed by atoms with Crippen LogP contribution in [0.3, 0.4) is 0 Å². The molecular weight excluding hydrogens is 464 g/mol. The lowest BCUT2D eigenvalue weighted by Crippen LogP contribution is -2.59. The Labute approximate surface area is 196 Å². The zero-order valence-electron chi connectivity index (χ0n) is 18.0. The minimum atomic E-state index is -4.33. The second-order valence-corrected chi connectivity index (χ2v) is 10.3. The number of ketones is 1. The normalized spacial score (nSPS) is 19.4. The third-order valence-corrected chi connectivity index (χ3v) is 8.08. The minimum absolute atomic E-state index is 0.0207. The highest BCUT2D eigenvalue weighted by atomic mass is 35.5. The van der Waals surface area contributed by atoms with E-state index >= 15 is 0 Å². The molecule has 3 aromatic carbocycles. The average molecular weight is 483 g/mol. The summed E-state index contributed by atoms with van der Waals surface area (Å²) in [7, 11) is -3.11. The molecule has 2 heterocycles. The number of anilines is 1. The smallest absolute Gasteiger partial charge is 0.280 e. The molecule has 0 aromatic heterocycles. The Hall–Kier alpha value is -3.20. The molecule has 0 fully saturated rings. The number of Topliss-reactive ketones (excluding diaryl/α,β-unsaturated/α-hetero) is 1. The second-order valence-electron chi connectivity index (χ2n) is 8.08. The van der Waals surface area contributed by atoms with Gasteiger partial charge in [0, 0.05) is 16.1 Å². The van der Waals surface area contributed by atoms with Crippen LogP contribution in [0.25, 0.3) is 0 Å². The number of hydrogen-bond acceptors (Lipinski definition) is 5. The van der Waals surface area contributed by atoms with Crippen LogP contribution < -0.4 is 4.31 Å². The molecule has 3 aromatic rings. The van der Waals surface area contributed by atoms with Crippen LogP contribution >= 0.6 is 11.6 Å². The molecule has 2 aliphatic rings. The molecule has 0 saturated heterocycles. The molecule has 2 aliphatic heterocycles. The van der Waals surface area contributed by atoms with Crippen molar-refractivity contribution in [3.8, 4) is 0 Å². The summed E-state index contributed by atoms with van der Waals surface area (Å²) in [5.74, 6) is -1.22. The van der Waals surface area contributed by atoms with Gasteiger partial charge >= 0.3 is 0 Å². The van der Waals surface area contributed by atoms with Crippen molar-refractivity contribution in [2.45, 2.75) is 24.4 Å². The number of hydrogen-bond donors (Lipinski definition) is 0. The molecule has 7 nitrogen and oxygen atoms in total. The summed E-state index contributed by atoms with van der Waals surface area (Å²) in [6, 6.07) is 15.6. The summed E-state index contributed by atoms with van der Waals surface area (Å²) >= 11 is 6.25. The van der Waals surface area contributed by atoms with Crippen molar-refractivity contribution in [1.82, 2.24) is 5.06 Å². The number of rotatable bonds is 3. The molecule has 168 valence electrons. The molecular formula is C24H19ClN2O5S. The quantitative estimate of drug-likeness (QED) is 0.558. The van der Waals surface area contributed by atoms with Gasteiger partial charge in [0.1, 0.15) is 0 Å². The highest BCUT2D eigenvalue weighted by molar-refractivity contribution is 7.93. The number of carbonyl (C=O) groups is 2. The Balaban J connectivity index is 1.90. The van der Waals surface area contributed by atoms with Gasteiger partial charge in [-0.3, -0.25) is 14.4 Å². The van der Waals surface area contributed by atoms with Gasteiger partial charge < -0.3 is 0 Å². The Morgan fingerprint density at radius 3 is 2.21 bits per heavy atom. The first kappa shape index (κ1) is 21.6. The Bertz CT molecular complexity index is 1450. The van der Waals surface area contributed by atoms with Crippen molar-refractivity contribution >= 4 is 39.0 Å². The van der Waals surface area contributed by atoms with E-state index in [1.54, 1.807) is 37.3 Å². The number of carbonyl (C=O) groups excluding carboxylic acids is 2. The van der Waals surface area contributed by atoms with E-state index in [9.17, 15) is 18.0 Å². The van der Waals surface area contributed by atoms with Crippen molar-refractivity contribution in [2.24, 2.45) is 0 Å². The van der Waals surface area contributed by atoms with Gasteiger partial charge in [-0.05, 0) is 56.3 Å². The van der Waals surface area contributed by atoms with Crippen LogP contribution in [0.4, 0.5) is 5.69 Å². The Morgan fingerprint density at radius 1 is 0.879 bits per heavy atom. The van der Waals surface area contributed by atoms with Crippen molar-refractivity contribution in [3.63, 3.8) is 0 Å². The van der Waals surface area contributed by atoms with Gasteiger partial charge in [0.15, 0.2) is 0 Å². The topological polar surface area (TPSA) is 84.0 Å². The fourth-order valence-electron chi connectivity index (χ4n) is 4.56. The SMILES string of the molecule is CON1C(=O)c2ccc(Cl)cc2C12C(=O)c1cc(C)ccc1N2S(=O)(=O)c1ccc(C)cc1. The highest BCUT2D eigenvalue weighted by Gasteiger charge is 2.67. The van der Waals surface area contributed by atoms with Crippen LogP contribution in [0, 0.1) is 13.8 Å². The van der Waals surface area contributed by atoms with Crippen LogP contribution in [0.5, 0.6) is 0 Å². The fraction of sp³-hybridized carbons (Fsp3) is 0.167. The first-order valence-corrected chi connectivity index (χ1v) is 11.9. The van der Waals surface area contributed by atoms with Gasteiger partial charge in [0.25, 0.3) is 15.9 Å². The van der Waals surface area contributed by atoms with E-state index in [-0.39, 0.29) is 32.3 Å². The lowest BCUT2D eigenvalue weighted by molar-refractivity contribution is -0.139. The van der Waals surface area contributed by atoms with E-state index in [0.717, 1.165) is 20.5 Å². The molecule has 1 amide bonds. The van der Waals surface area contributed by atoms with E-state index in [4.69, 9.17) is 16.4 Å². The maximum absolute atomic E-state index is 14.1. The summed E-state index contributed by atoms with van der Waals surface area (Å²) in [5.41, 5.74) is 0.170. The molecule has 0 saturated carbocycles. The van der Waals surface area contributed by atoms with Gasteiger partial charge in [-0.25, -0.2) is 12.7 Å². The first-order valence-electron chi connectivity index (χ1n) is 10.1. The van der Waals surface area contributed by atoms with Crippen molar-refractivity contribution < 1.29 is 22.8 Å². The summed E-state index contributed by atoms with van der Waals surface area (Å²) in [6.45, 7) is 3.64. The minimum Gasteiger partial charge on any atom is -0.289 e. The molecule has 33 heavy (non-hydrogen) atoms. The first-order chi connectivity index (χ1) is 15.6. The molecule has 0 radical (unpaired) electrons. The molecule has 1 atom stereocenters. The van der Waals surface area contributed by atoms with Crippen LogP contribution in [0.15, 0.2) is 65.6 Å². The fourth-order valence-corrected chi connectivity index (χ4v) is 6.45. The Kier molecular flexibility index (Phi) is 4.69. The van der Waals surface area contributed by atoms with Crippen molar-refractivity contribution in [2.75, 3.05) is 11.4 Å². The third kappa shape index (κ3) is 2.75. The molecule has 0 bridgehead atoms. The summed E-state index contributed by atoms with van der Waals surface area (Å²) in [4.78, 5) is 32.8. The summed E-state index contributed by atoms with van der Waals surface area (Å²) in [5, 5.41) is 1.09. The molecule has 5 rings (SSSR count). The summed E-state index contributed by atoms with van der Waals surface area (Å²) in [6.07, 6.45) is 0. The van der Waals surface area contributed by atoms with Crippen LogP contribution in [0.2, 0.25) is 5.02 Å². The van der Waals surface area contributed by atoms with Crippen LogP contribution in [-0.2, 0) is 20.5 Å². The molecule has 9 heteroatoms. The number of amides is 1. The number of benzene rings is 3. The van der Waals surface area contributed by atoms with E-state index in [1.807, 2.05) is 6.92 Å². The highest BCUT2D eigenvalue weighted by Crippen LogP contribution is 2.54. The zero-order valence-corrected chi connectivity index (χ0v) is 19.6. The lowest BCUT2D eigenvalue weighted by Gasteiger charge is -2.39.